The lowest BCUT2D eigenvalue weighted by molar-refractivity contribution is -0.140. The van der Waals surface area contributed by atoms with Gasteiger partial charge in [-0.2, -0.15) is 13.2 Å². The van der Waals surface area contributed by atoms with Gasteiger partial charge in [0.25, 0.3) is 0 Å². The molecule has 0 saturated carbocycles. The largest absolute Gasteiger partial charge is 0.447 e. The van der Waals surface area contributed by atoms with Crippen molar-refractivity contribution in [3.05, 3.63) is 41.6 Å². The minimum absolute atomic E-state index is 0.00296. The van der Waals surface area contributed by atoms with Crippen LogP contribution in [0.15, 0.2) is 35.2 Å². The highest BCUT2D eigenvalue weighted by Crippen LogP contribution is 2.34. The molecule has 1 rings (SSSR count). The molecule has 25 heavy (non-hydrogen) atoms. The van der Waals surface area contributed by atoms with E-state index in [0.29, 0.717) is 0 Å². The van der Waals surface area contributed by atoms with Gasteiger partial charge in [0, 0.05) is 11.8 Å². The number of nitrogens with zero attached hydrogens (tertiary/aromatic N) is 2. The molecule has 0 spiro atoms. The molecule has 0 aromatic carbocycles. The lowest BCUT2D eigenvalue weighted by atomic mass is 10.1. The number of anilines is 1. The van der Waals surface area contributed by atoms with E-state index in [1.54, 1.807) is 13.8 Å². The first-order valence-corrected chi connectivity index (χ1v) is 7.10. The molecule has 0 unspecified atom stereocenters. The summed E-state index contributed by atoms with van der Waals surface area (Å²) in [4.78, 5) is 18.5. The van der Waals surface area contributed by atoms with Crippen LogP contribution in [0.3, 0.4) is 0 Å². The van der Waals surface area contributed by atoms with Crippen LogP contribution in [-0.2, 0) is 10.9 Å². The third-order valence-electron chi connectivity index (χ3n) is 2.62. The van der Waals surface area contributed by atoms with E-state index in [1.165, 1.54) is 6.07 Å². The van der Waals surface area contributed by atoms with Crippen molar-refractivity contribution < 1.29 is 27.1 Å². The van der Waals surface area contributed by atoms with Crippen LogP contribution in [0.4, 0.5) is 28.0 Å². The second-order valence-corrected chi connectivity index (χ2v) is 5.17. The van der Waals surface area contributed by atoms with Gasteiger partial charge in [-0.15, -0.1) is 0 Å². The van der Waals surface area contributed by atoms with Crippen molar-refractivity contribution in [3.8, 4) is 0 Å². The first-order chi connectivity index (χ1) is 11.5. The van der Waals surface area contributed by atoms with Crippen LogP contribution in [0.25, 0.3) is 5.57 Å². The Morgan fingerprint density at radius 2 is 2.04 bits per heavy atom. The molecule has 1 aromatic heterocycles. The predicted molar refractivity (Wildman–Crippen MR) is 86.9 cm³/mol. The van der Waals surface area contributed by atoms with Gasteiger partial charge < -0.3 is 4.74 Å². The van der Waals surface area contributed by atoms with Crippen molar-refractivity contribution in [3.63, 3.8) is 0 Å². The zero-order valence-electron chi connectivity index (χ0n) is 13.8. The van der Waals surface area contributed by atoms with Crippen molar-refractivity contribution in [2.24, 2.45) is 4.99 Å². The van der Waals surface area contributed by atoms with Crippen molar-refractivity contribution in [1.29, 1.82) is 0 Å². The molecule has 1 N–H and O–H groups in total. The Morgan fingerprint density at radius 1 is 1.40 bits per heavy atom. The number of pyridine rings is 1. The number of hydrogen-bond donors (Lipinski definition) is 1. The van der Waals surface area contributed by atoms with Crippen LogP contribution in [0.1, 0.15) is 32.2 Å². The van der Waals surface area contributed by atoms with Gasteiger partial charge >= 0.3 is 12.3 Å². The molecule has 0 atom stereocenters. The highest BCUT2D eigenvalue weighted by atomic mass is 19.4. The van der Waals surface area contributed by atoms with E-state index in [2.05, 4.69) is 16.7 Å². The van der Waals surface area contributed by atoms with Crippen molar-refractivity contribution in [2.45, 2.75) is 33.1 Å². The molecule has 1 aromatic rings. The molecule has 1 heterocycles. The molecule has 0 fully saturated rings. The molecular formula is C16H17F4N3O2. The molecule has 0 saturated heterocycles. The second-order valence-electron chi connectivity index (χ2n) is 5.17. The summed E-state index contributed by atoms with van der Waals surface area (Å²) in [6.45, 7) is 7.42. The number of amides is 1. The van der Waals surface area contributed by atoms with Gasteiger partial charge in [0.05, 0.1) is 23.3 Å². The summed E-state index contributed by atoms with van der Waals surface area (Å²) in [5.41, 5.74) is -2.10. The van der Waals surface area contributed by atoms with E-state index in [0.717, 1.165) is 25.3 Å². The molecular weight excluding hydrogens is 342 g/mol. The summed E-state index contributed by atoms with van der Waals surface area (Å²) < 4.78 is 57.6. The first-order valence-electron chi connectivity index (χ1n) is 7.10. The summed E-state index contributed by atoms with van der Waals surface area (Å²) in [6.07, 6.45) is -4.36. The van der Waals surface area contributed by atoms with Crippen LogP contribution in [0.5, 0.6) is 0 Å². The summed E-state index contributed by atoms with van der Waals surface area (Å²) in [5.74, 6) is -0.645. The number of carbonyl (C=O) groups excluding carboxylic acids is 1. The number of carbonyl (C=O) groups is 1. The van der Waals surface area contributed by atoms with Gasteiger partial charge in [-0.25, -0.2) is 14.2 Å². The van der Waals surface area contributed by atoms with E-state index >= 15 is 0 Å². The third-order valence-corrected chi connectivity index (χ3v) is 2.62. The van der Waals surface area contributed by atoms with E-state index in [9.17, 15) is 22.4 Å². The van der Waals surface area contributed by atoms with Gasteiger partial charge in [0.1, 0.15) is 0 Å². The normalized spacial score (nSPS) is 13.0. The van der Waals surface area contributed by atoms with E-state index < -0.39 is 35.6 Å². The standard InChI is InChI=1S/C16H17F4N3O2/c1-9(2)25-15(24)23-13-6-5-12(22-14(13)16(18,19)20)11(8-21-4)7-10(3)17/h5-9H,4H2,1-3H3,(H,23,24)/b10-7+,11-8+. The smallest absolute Gasteiger partial charge is 0.435 e. The van der Waals surface area contributed by atoms with E-state index in [4.69, 9.17) is 4.74 Å². The molecule has 1 amide bonds. The Morgan fingerprint density at radius 3 is 2.52 bits per heavy atom. The number of allylic oxidation sites excluding steroid dienone is 3. The van der Waals surface area contributed by atoms with Gasteiger partial charge in [-0.3, -0.25) is 10.3 Å². The maximum atomic E-state index is 13.3. The predicted octanol–water partition coefficient (Wildman–Crippen LogP) is 4.97. The van der Waals surface area contributed by atoms with Gasteiger partial charge in [0.15, 0.2) is 5.69 Å². The molecule has 0 radical (unpaired) electrons. The maximum absolute atomic E-state index is 13.3. The molecule has 0 aliphatic heterocycles. The van der Waals surface area contributed by atoms with Crippen LogP contribution in [0, 0.1) is 0 Å². The zero-order valence-corrected chi connectivity index (χ0v) is 13.8. The summed E-state index contributed by atoms with van der Waals surface area (Å²) in [7, 11) is 0. The number of hydrogen-bond acceptors (Lipinski definition) is 4. The molecule has 0 aliphatic carbocycles. The van der Waals surface area contributed by atoms with Crippen molar-refractivity contribution >= 4 is 24.1 Å². The Bertz CT molecular complexity index is 706. The summed E-state index contributed by atoms with van der Waals surface area (Å²) in [5, 5.41) is 2.00. The molecule has 0 bridgehead atoms. The fourth-order valence-corrected chi connectivity index (χ4v) is 1.78. The number of halogens is 4. The maximum Gasteiger partial charge on any atom is 0.435 e. The SMILES string of the molecule is C=N/C=C(\C=C(/C)F)c1ccc(NC(=O)OC(C)C)c(C(F)(F)F)n1. The quantitative estimate of drug-likeness (QED) is 0.458. The monoisotopic (exact) mass is 359 g/mol. The Balaban J connectivity index is 3.35. The van der Waals surface area contributed by atoms with Crippen LogP contribution in [-0.4, -0.2) is 23.9 Å². The number of nitrogens with one attached hydrogen (secondary N) is 1. The van der Waals surface area contributed by atoms with Crippen LogP contribution >= 0.6 is 0 Å². The van der Waals surface area contributed by atoms with E-state index in [-0.39, 0.29) is 11.3 Å². The van der Waals surface area contributed by atoms with Crippen molar-refractivity contribution in [1.82, 2.24) is 4.98 Å². The topological polar surface area (TPSA) is 63.6 Å². The second kappa shape index (κ2) is 8.41. The van der Waals surface area contributed by atoms with Crippen LogP contribution in [0.2, 0.25) is 0 Å². The first kappa shape index (κ1) is 20.3. The van der Waals surface area contributed by atoms with Crippen molar-refractivity contribution in [2.75, 3.05) is 5.32 Å². The molecule has 0 aliphatic rings. The van der Waals surface area contributed by atoms with E-state index in [1.807, 2.05) is 5.32 Å². The number of aromatic nitrogens is 1. The van der Waals surface area contributed by atoms with Gasteiger partial charge in [-0.05, 0) is 45.7 Å². The average Bonchev–Trinajstić information content (AvgIpc) is 2.44. The van der Waals surface area contributed by atoms with Gasteiger partial charge in [0.2, 0.25) is 0 Å². The fraction of sp³-hybridized carbons (Fsp3) is 0.312. The third kappa shape index (κ3) is 6.36. The molecule has 5 nitrogen and oxygen atoms in total. The number of alkyl halides is 3. The Kier molecular flexibility index (Phi) is 6.84. The summed E-state index contributed by atoms with van der Waals surface area (Å²) in [6, 6.07) is 2.20. The Hall–Kier alpha value is -2.71. The minimum atomic E-state index is -4.85. The highest BCUT2D eigenvalue weighted by Gasteiger charge is 2.36. The fourth-order valence-electron chi connectivity index (χ4n) is 1.78. The number of aliphatic imine (C=N–C) groups is 1. The molecule has 136 valence electrons. The van der Waals surface area contributed by atoms with Gasteiger partial charge in [-0.1, -0.05) is 0 Å². The lowest BCUT2D eigenvalue weighted by Gasteiger charge is -2.15. The zero-order chi connectivity index (χ0) is 19.2. The minimum Gasteiger partial charge on any atom is -0.447 e. The number of ether oxygens (including phenoxy) is 1. The Labute approximate surface area is 142 Å². The van der Waals surface area contributed by atoms with Crippen LogP contribution < -0.4 is 5.32 Å². The summed E-state index contributed by atoms with van der Waals surface area (Å²) >= 11 is 0. The average molecular weight is 359 g/mol. The highest BCUT2D eigenvalue weighted by molar-refractivity contribution is 5.86. The lowest BCUT2D eigenvalue weighted by Crippen LogP contribution is -2.21. The molecule has 9 heteroatoms. The number of rotatable bonds is 5.